The molecule has 5 heteroatoms. The summed E-state index contributed by atoms with van der Waals surface area (Å²) in [4.78, 5) is 12.1. The quantitative estimate of drug-likeness (QED) is 0.850. The van der Waals surface area contributed by atoms with Crippen molar-refractivity contribution in [1.82, 2.24) is 0 Å². The molecule has 1 aliphatic rings. The first-order valence-corrected chi connectivity index (χ1v) is 6.72. The number of amides is 1. The molecule has 1 fully saturated rings. The topological polar surface area (TPSA) is 73.6 Å². The first kappa shape index (κ1) is 13.6. The van der Waals surface area contributed by atoms with Crippen LogP contribution in [0.1, 0.15) is 22.2 Å². The summed E-state index contributed by atoms with van der Waals surface area (Å²) in [6.07, 6.45) is -0.349. The number of anilines is 2. The summed E-state index contributed by atoms with van der Waals surface area (Å²) >= 11 is 0. The Morgan fingerprint density at radius 3 is 2.52 bits per heavy atom. The van der Waals surface area contributed by atoms with Gasteiger partial charge in [0.1, 0.15) is 0 Å². The number of hydrogen-bond donors (Lipinski definition) is 2. The minimum absolute atomic E-state index is 0.180. The van der Waals surface area contributed by atoms with Gasteiger partial charge in [-0.15, -0.1) is 0 Å². The molecule has 1 amide bonds. The Bertz CT molecular complexity index is 634. The highest BCUT2D eigenvalue weighted by Gasteiger charge is 2.18. The maximum Gasteiger partial charge on any atom is 0.255 e. The molecule has 0 unspecified atom stereocenters. The van der Waals surface area contributed by atoms with Gasteiger partial charge in [-0.05, 0) is 36.4 Å². The number of carbonyl (C=O) groups is 1. The highest BCUT2D eigenvalue weighted by molar-refractivity contribution is 6.04. The Hall–Kier alpha value is -2.37. The van der Waals surface area contributed by atoms with Crippen molar-refractivity contribution in [2.75, 3.05) is 24.3 Å². The molecule has 1 heterocycles. The standard InChI is InChI=1S/C16H16N2O3/c17-13-6-4-11(5-7-13)15(19)18-14-3-1-2-12(10-14)16-20-8-9-21-16/h1-7,10,16H,8-9,17H2,(H,18,19). The molecule has 3 N–H and O–H groups in total. The average Bonchev–Trinajstić information content (AvgIpc) is 3.02. The Balaban J connectivity index is 1.73. The van der Waals surface area contributed by atoms with E-state index in [1.165, 1.54) is 0 Å². The Morgan fingerprint density at radius 2 is 1.81 bits per heavy atom. The van der Waals surface area contributed by atoms with Crippen LogP contribution in [0.5, 0.6) is 0 Å². The molecule has 0 aliphatic carbocycles. The van der Waals surface area contributed by atoms with E-state index in [1.807, 2.05) is 24.3 Å². The number of nitrogens with two attached hydrogens (primary N) is 1. The van der Waals surface area contributed by atoms with Crippen LogP contribution in [0.25, 0.3) is 0 Å². The molecule has 2 aromatic rings. The van der Waals surface area contributed by atoms with Gasteiger partial charge in [-0.25, -0.2) is 0 Å². The van der Waals surface area contributed by atoms with E-state index < -0.39 is 0 Å². The van der Waals surface area contributed by atoms with Gasteiger partial charge < -0.3 is 20.5 Å². The Morgan fingerprint density at radius 1 is 1.10 bits per heavy atom. The first-order valence-electron chi connectivity index (χ1n) is 6.72. The fourth-order valence-electron chi connectivity index (χ4n) is 2.15. The lowest BCUT2D eigenvalue weighted by atomic mass is 10.1. The van der Waals surface area contributed by atoms with Gasteiger partial charge >= 0.3 is 0 Å². The second-order valence-electron chi connectivity index (χ2n) is 4.78. The highest BCUT2D eigenvalue weighted by Crippen LogP contribution is 2.25. The molecule has 21 heavy (non-hydrogen) atoms. The third-order valence-corrected chi connectivity index (χ3v) is 3.21. The van der Waals surface area contributed by atoms with Crippen molar-refractivity contribution >= 4 is 17.3 Å². The van der Waals surface area contributed by atoms with Gasteiger partial charge in [0.25, 0.3) is 5.91 Å². The van der Waals surface area contributed by atoms with Gasteiger partial charge in [0.2, 0.25) is 0 Å². The summed E-state index contributed by atoms with van der Waals surface area (Å²) < 4.78 is 10.9. The fraction of sp³-hybridized carbons (Fsp3) is 0.188. The van der Waals surface area contributed by atoms with E-state index in [0.29, 0.717) is 30.2 Å². The van der Waals surface area contributed by atoms with Crippen LogP contribution in [0.3, 0.4) is 0 Å². The van der Waals surface area contributed by atoms with Gasteiger partial charge in [0.15, 0.2) is 6.29 Å². The monoisotopic (exact) mass is 284 g/mol. The molecule has 0 atom stereocenters. The van der Waals surface area contributed by atoms with Crippen molar-refractivity contribution in [2.45, 2.75) is 6.29 Å². The molecule has 2 aromatic carbocycles. The Kier molecular flexibility index (Phi) is 3.85. The zero-order chi connectivity index (χ0) is 14.7. The molecule has 0 spiro atoms. The minimum atomic E-state index is -0.349. The van der Waals surface area contributed by atoms with Crippen molar-refractivity contribution in [3.63, 3.8) is 0 Å². The zero-order valence-electron chi connectivity index (χ0n) is 11.4. The molecule has 5 nitrogen and oxygen atoms in total. The van der Waals surface area contributed by atoms with Gasteiger partial charge in [-0.1, -0.05) is 12.1 Å². The zero-order valence-corrected chi connectivity index (χ0v) is 11.4. The van der Waals surface area contributed by atoms with Gasteiger partial charge in [-0.2, -0.15) is 0 Å². The van der Waals surface area contributed by atoms with Crippen LogP contribution in [0.15, 0.2) is 48.5 Å². The van der Waals surface area contributed by atoms with E-state index >= 15 is 0 Å². The lowest BCUT2D eigenvalue weighted by molar-refractivity contribution is -0.0440. The SMILES string of the molecule is Nc1ccc(C(=O)Nc2cccc(C3OCCO3)c2)cc1. The highest BCUT2D eigenvalue weighted by atomic mass is 16.7. The van der Waals surface area contributed by atoms with Crippen LogP contribution in [0.2, 0.25) is 0 Å². The molecule has 3 rings (SSSR count). The van der Waals surface area contributed by atoms with Gasteiger partial charge in [0.05, 0.1) is 13.2 Å². The molecule has 1 saturated heterocycles. The van der Waals surface area contributed by atoms with Crippen LogP contribution in [-0.2, 0) is 9.47 Å². The summed E-state index contributed by atoms with van der Waals surface area (Å²) in [6, 6.07) is 14.2. The third kappa shape index (κ3) is 3.21. The second-order valence-corrected chi connectivity index (χ2v) is 4.78. The van der Waals surface area contributed by atoms with Crippen LogP contribution in [-0.4, -0.2) is 19.1 Å². The van der Waals surface area contributed by atoms with Crippen LogP contribution in [0, 0.1) is 0 Å². The molecular weight excluding hydrogens is 268 g/mol. The maximum atomic E-state index is 12.1. The van der Waals surface area contributed by atoms with E-state index in [2.05, 4.69) is 5.32 Å². The van der Waals surface area contributed by atoms with Crippen molar-refractivity contribution < 1.29 is 14.3 Å². The van der Waals surface area contributed by atoms with Crippen molar-refractivity contribution in [1.29, 1.82) is 0 Å². The van der Waals surface area contributed by atoms with Gasteiger partial charge in [0, 0.05) is 22.5 Å². The molecule has 0 saturated carbocycles. The summed E-state index contributed by atoms with van der Waals surface area (Å²) in [5, 5.41) is 2.85. The number of nitrogen functional groups attached to an aromatic ring is 1. The predicted octanol–water partition coefficient (Wildman–Crippen LogP) is 2.57. The minimum Gasteiger partial charge on any atom is -0.399 e. The normalized spacial score (nSPS) is 15.0. The van der Waals surface area contributed by atoms with Crippen molar-refractivity contribution in [3.8, 4) is 0 Å². The molecule has 1 aliphatic heterocycles. The second kappa shape index (κ2) is 5.95. The number of ether oxygens (including phenoxy) is 2. The Labute approximate surface area is 122 Å². The number of nitrogens with one attached hydrogen (secondary N) is 1. The number of hydrogen-bond acceptors (Lipinski definition) is 4. The van der Waals surface area contributed by atoms with E-state index in [-0.39, 0.29) is 12.2 Å². The largest absolute Gasteiger partial charge is 0.399 e. The van der Waals surface area contributed by atoms with Crippen LogP contribution in [0.4, 0.5) is 11.4 Å². The summed E-state index contributed by atoms with van der Waals surface area (Å²) in [7, 11) is 0. The van der Waals surface area contributed by atoms with Crippen LogP contribution < -0.4 is 11.1 Å². The maximum absolute atomic E-state index is 12.1. The van der Waals surface area contributed by atoms with Crippen molar-refractivity contribution in [3.05, 3.63) is 59.7 Å². The van der Waals surface area contributed by atoms with E-state index in [4.69, 9.17) is 15.2 Å². The van der Waals surface area contributed by atoms with Crippen LogP contribution >= 0.6 is 0 Å². The van der Waals surface area contributed by atoms with Gasteiger partial charge in [-0.3, -0.25) is 4.79 Å². The smallest absolute Gasteiger partial charge is 0.255 e. The summed E-state index contributed by atoms with van der Waals surface area (Å²) in [5.41, 5.74) is 8.39. The number of carbonyl (C=O) groups excluding carboxylic acids is 1. The summed E-state index contributed by atoms with van der Waals surface area (Å²) in [6.45, 7) is 1.18. The van der Waals surface area contributed by atoms with E-state index in [0.717, 1.165) is 5.56 Å². The lowest BCUT2D eigenvalue weighted by Gasteiger charge is -2.11. The fourth-order valence-corrected chi connectivity index (χ4v) is 2.15. The van der Waals surface area contributed by atoms with E-state index in [1.54, 1.807) is 24.3 Å². The average molecular weight is 284 g/mol. The lowest BCUT2D eigenvalue weighted by Crippen LogP contribution is -2.12. The number of benzene rings is 2. The first-order chi connectivity index (χ1) is 10.2. The van der Waals surface area contributed by atoms with Crippen molar-refractivity contribution in [2.24, 2.45) is 0 Å². The molecule has 0 radical (unpaired) electrons. The summed E-state index contributed by atoms with van der Waals surface area (Å²) in [5.74, 6) is -0.180. The molecule has 0 bridgehead atoms. The molecule has 108 valence electrons. The number of rotatable bonds is 3. The molecular formula is C16H16N2O3. The predicted molar refractivity (Wildman–Crippen MR) is 79.9 cm³/mol. The molecule has 0 aromatic heterocycles. The third-order valence-electron chi connectivity index (χ3n) is 3.21. The van der Waals surface area contributed by atoms with E-state index in [9.17, 15) is 4.79 Å².